The largest absolute Gasteiger partial charge is 0.356 e. The van der Waals surface area contributed by atoms with Crippen molar-refractivity contribution in [3.05, 3.63) is 59.7 Å². The number of hydrogen-bond acceptors (Lipinski definition) is 1. The van der Waals surface area contributed by atoms with Crippen LogP contribution in [0.15, 0.2) is 48.5 Å². The second kappa shape index (κ2) is 8.56. The molecule has 1 aliphatic carbocycles. The van der Waals surface area contributed by atoms with Gasteiger partial charge in [0, 0.05) is 11.4 Å². The van der Waals surface area contributed by atoms with E-state index in [9.17, 15) is 0 Å². The molecule has 0 saturated heterocycles. The monoisotopic (exact) mass is 335 g/mol. The van der Waals surface area contributed by atoms with Crippen molar-refractivity contribution < 1.29 is 0 Å². The molecular weight excluding hydrogens is 302 g/mol. The number of hydrogen-bond donors (Lipinski definition) is 1. The average molecular weight is 336 g/mol. The quantitative estimate of drug-likeness (QED) is 0.572. The molecule has 134 valence electrons. The molecule has 3 rings (SSSR count). The van der Waals surface area contributed by atoms with Gasteiger partial charge in [0.15, 0.2) is 0 Å². The van der Waals surface area contributed by atoms with Gasteiger partial charge in [-0.2, -0.15) is 0 Å². The van der Waals surface area contributed by atoms with Crippen molar-refractivity contribution in [3.8, 4) is 0 Å². The lowest BCUT2D eigenvalue weighted by Gasteiger charge is -2.28. The summed E-state index contributed by atoms with van der Waals surface area (Å²) in [5.41, 5.74) is 5.26. The van der Waals surface area contributed by atoms with Gasteiger partial charge in [-0.1, -0.05) is 57.9 Å². The summed E-state index contributed by atoms with van der Waals surface area (Å²) in [4.78, 5) is 0. The van der Waals surface area contributed by atoms with Crippen LogP contribution in [0.25, 0.3) is 0 Å². The molecule has 0 heterocycles. The molecule has 0 spiro atoms. The zero-order chi connectivity index (χ0) is 17.6. The molecule has 2 aromatic rings. The molecule has 1 aliphatic rings. The lowest BCUT2D eigenvalue weighted by atomic mass is 9.77. The van der Waals surface area contributed by atoms with Crippen molar-refractivity contribution in [2.75, 3.05) is 5.32 Å². The van der Waals surface area contributed by atoms with Crippen molar-refractivity contribution in [3.63, 3.8) is 0 Å². The van der Waals surface area contributed by atoms with E-state index in [0.717, 1.165) is 17.5 Å². The third-order valence-corrected chi connectivity index (χ3v) is 5.79. The van der Waals surface area contributed by atoms with Gasteiger partial charge in [-0.15, -0.1) is 0 Å². The maximum absolute atomic E-state index is 3.52. The molecule has 2 aromatic carbocycles. The van der Waals surface area contributed by atoms with E-state index in [0.29, 0.717) is 5.92 Å². The standard InChI is InChI=1S/C24H33N/c1-4-5-19-6-8-21(9-7-19)22-12-16-24(17-13-22)25-23-14-10-20(11-15-23)18(2)3/h10-19,21,25H,4-9H2,1-3H3. The molecule has 1 fully saturated rings. The second-order valence-electron chi connectivity index (χ2n) is 8.03. The SMILES string of the molecule is CCCC1CCC(c2ccc(Nc3ccc(C(C)C)cc3)cc2)CC1. The van der Waals surface area contributed by atoms with Gasteiger partial charge in [0.2, 0.25) is 0 Å². The highest BCUT2D eigenvalue weighted by Gasteiger charge is 2.21. The Bertz CT molecular complexity index is 631. The molecule has 25 heavy (non-hydrogen) atoms. The van der Waals surface area contributed by atoms with E-state index >= 15 is 0 Å². The van der Waals surface area contributed by atoms with Crippen LogP contribution in [-0.4, -0.2) is 0 Å². The molecule has 0 unspecified atom stereocenters. The third kappa shape index (κ3) is 4.87. The lowest BCUT2D eigenvalue weighted by molar-refractivity contribution is 0.308. The summed E-state index contributed by atoms with van der Waals surface area (Å²) in [6, 6.07) is 17.9. The van der Waals surface area contributed by atoms with E-state index in [1.165, 1.54) is 55.3 Å². The molecule has 0 atom stereocenters. The van der Waals surface area contributed by atoms with Crippen molar-refractivity contribution in [2.45, 2.75) is 71.1 Å². The van der Waals surface area contributed by atoms with E-state index in [4.69, 9.17) is 0 Å². The molecule has 1 saturated carbocycles. The van der Waals surface area contributed by atoms with Gasteiger partial charge in [-0.25, -0.2) is 0 Å². The molecular formula is C24H33N. The fourth-order valence-corrected chi connectivity index (χ4v) is 4.15. The Morgan fingerprint density at radius 2 is 1.40 bits per heavy atom. The first-order valence-corrected chi connectivity index (χ1v) is 10.1. The molecule has 0 radical (unpaired) electrons. The normalized spacial score (nSPS) is 20.6. The minimum Gasteiger partial charge on any atom is -0.356 e. The van der Waals surface area contributed by atoms with Crippen LogP contribution in [0.4, 0.5) is 11.4 Å². The molecule has 0 bridgehead atoms. The molecule has 0 aliphatic heterocycles. The van der Waals surface area contributed by atoms with Crippen LogP contribution in [0.2, 0.25) is 0 Å². The van der Waals surface area contributed by atoms with Crippen LogP contribution in [0.5, 0.6) is 0 Å². The molecule has 0 amide bonds. The zero-order valence-electron chi connectivity index (χ0n) is 16.1. The summed E-state index contributed by atoms with van der Waals surface area (Å²) < 4.78 is 0. The minimum absolute atomic E-state index is 0.584. The molecule has 1 N–H and O–H groups in total. The minimum atomic E-state index is 0.584. The van der Waals surface area contributed by atoms with Crippen LogP contribution in [0, 0.1) is 5.92 Å². The van der Waals surface area contributed by atoms with Gasteiger partial charge in [0.05, 0.1) is 0 Å². The Hall–Kier alpha value is -1.76. The van der Waals surface area contributed by atoms with Crippen LogP contribution in [-0.2, 0) is 0 Å². The topological polar surface area (TPSA) is 12.0 Å². The van der Waals surface area contributed by atoms with Crippen LogP contribution < -0.4 is 5.32 Å². The Morgan fingerprint density at radius 1 is 0.840 bits per heavy atom. The van der Waals surface area contributed by atoms with E-state index in [1.54, 1.807) is 0 Å². The summed E-state index contributed by atoms with van der Waals surface area (Å²) in [6.45, 7) is 6.78. The predicted octanol–water partition coefficient (Wildman–Crippen LogP) is 7.63. The average Bonchev–Trinajstić information content (AvgIpc) is 2.64. The number of nitrogens with one attached hydrogen (secondary N) is 1. The van der Waals surface area contributed by atoms with Gasteiger partial charge in [-0.3, -0.25) is 0 Å². The summed E-state index contributed by atoms with van der Waals surface area (Å²) >= 11 is 0. The van der Waals surface area contributed by atoms with Crippen molar-refractivity contribution >= 4 is 11.4 Å². The van der Waals surface area contributed by atoms with Crippen molar-refractivity contribution in [2.24, 2.45) is 5.92 Å². The number of anilines is 2. The predicted molar refractivity (Wildman–Crippen MR) is 110 cm³/mol. The van der Waals surface area contributed by atoms with E-state index < -0.39 is 0 Å². The number of benzene rings is 2. The molecule has 1 nitrogen and oxygen atoms in total. The van der Waals surface area contributed by atoms with Gasteiger partial charge >= 0.3 is 0 Å². The van der Waals surface area contributed by atoms with Crippen molar-refractivity contribution in [1.82, 2.24) is 0 Å². The molecule has 1 heteroatoms. The van der Waals surface area contributed by atoms with E-state index in [-0.39, 0.29) is 0 Å². The van der Waals surface area contributed by atoms with Gasteiger partial charge < -0.3 is 5.32 Å². The highest BCUT2D eigenvalue weighted by atomic mass is 14.9. The smallest absolute Gasteiger partial charge is 0.0384 e. The second-order valence-corrected chi connectivity index (χ2v) is 8.03. The molecule has 0 aromatic heterocycles. The lowest BCUT2D eigenvalue weighted by Crippen LogP contribution is -2.13. The fraction of sp³-hybridized carbons (Fsp3) is 0.500. The van der Waals surface area contributed by atoms with Gasteiger partial charge in [0.1, 0.15) is 0 Å². The Labute approximate surface area is 153 Å². The van der Waals surface area contributed by atoms with Crippen LogP contribution in [0.1, 0.15) is 82.3 Å². The first-order valence-electron chi connectivity index (χ1n) is 10.1. The summed E-state index contributed by atoms with van der Waals surface area (Å²) in [5.74, 6) is 2.34. The maximum atomic E-state index is 3.52. The zero-order valence-corrected chi connectivity index (χ0v) is 16.1. The first kappa shape index (κ1) is 18.0. The number of rotatable bonds is 6. The van der Waals surface area contributed by atoms with E-state index in [1.807, 2.05) is 0 Å². The maximum Gasteiger partial charge on any atom is 0.0384 e. The summed E-state index contributed by atoms with van der Waals surface area (Å²) in [7, 11) is 0. The Morgan fingerprint density at radius 3 is 1.92 bits per heavy atom. The van der Waals surface area contributed by atoms with Crippen LogP contribution >= 0.6 is 0 Å². The first-order chi connectivity index (χ1) is 12.2. The fourth-order valence-electron chi connectivity index (χ4n) is 4.15. The summed E-state index contributed by atoms with van der Waals surface area (Å²) in [5, 5.41) is 3.52. The van der Waals surface area contributed by atoms with Gasteiger partial charge in [0.25, 0.3) is 0 Å². The van der Waals surface area contributed by atoms with Crippen molar-refractivity contribution in [1.29, 1.82) is 0 Å². The third-order valence-electron chi connectivity index (χ3n) is 5.79. The highest BCUT2D eigenvalue weighted by molar-refractivity contribution is 5.60. The van der Waals surface area contributed by atoms with Gasteiger partial charge in [-0.05, 0) is 78.8 Å². The van der Waals surface area contributed by atoms with Crippen LogP contribution in [0.3, 0.4) is 0 Å². The highest BCUT2D eigenvalue weighted by Crippen LogP contribution is 2.37. The Kier molecular flexibility index (Phi) is 6.18. The Balaban J connectivity index is 1.57. The summed E-state index contributed by atoms with van der Waals surface area (Å²) in [6.07, 6.45) is 8.34. The van der Waals surface area contributed by atoms with E-state index in [2.05, 4.69) is 74.6 Å².